The van der Waals surface area contributed by atoms with Crippen LogP contribution in [0.15, 0.2) is 17.1 Å². The van der Waals surface area contributed by atoms with Gasteiger partial charge in [-0.25, -0.2) is 4.79 Å². The molecule has 0 aliphatic carbocycles. The summed E-state index contributed by atoms with van der Waals surface area (Å²) in [7, 11) is 0. The molecule has 0 spiro atoms. The fourth-order valence-corrected chi connectivity index (χ4v) is 2.26. The number of nitrogens with two attached hydrogens (primary N) is 1. The molecule has 11 nitrogen and oxygen atoms in total. The number of nitrogens with zero attached hydrogens (tertiary/aromatic N) is 2. The van der Waals surface area contributed by atoms with Crippen LogP contribution in [0.25, 0.3) is 0 Å². The van der Waals surface area contributed by atoms with E-state index in [2.05, 4.69) is 10.3 Å². The van der Waals surface area contributed by atoms with E-state index >= 15 is 0 Å². The highest BCUT2D eigenvalue weighted by atomic mass is 19.3. The first kappa shape index (κ1) is 19.8. The monoisotopic (exact) mass is 378 g/mol. The molecule has 4 atom stereocenters. The van der Waals surface area contributed by atoms with Crippen LogP contribution in [-0.4, -0.2) is 67.5 Å². The molecule has 26 heavy (non-hydrogen) atoms. The maximum atomic E-state index is 14.0. The second-order valence-electron chi connectivity index (χ2n) is 5.53. The van der Waals surface area contributed by atoms with Gasteiger partial charge in [0.1, 0.15) is 18.0 Å². The van der Waals surface area contributed by atoms with Gasteiger partial charge in [-0.15, -0.1) is 0 Å². The fraction of sp³-hybridized carbons (Fsp3) is 0.538. The number of aromatic nitrogens is 2. The van der Waals surface area contributed by atoms with Gasteiger partial charge in [-0.05, 0) is 6.07 Å². The minimum absolute atomic E-state index is 0.311. The van der Waals surface area contributed by atoms with Crippen molar-refractivity contribution in [3.63, 3.8) is 0 Å². The number of ether oxygens (including phenoxy) is 1. The van der Waals surface area contributed by atoms with Crippen LogP contribution in [0.5, 0.6) is 0 Å². The molecule has 1 aliphatic rings. The van der Waals surface area contributed by atoms with Crippen LogP contribution in [0.1, 0.15) is 12.6 Å². The normalized spacial score (nSPS) is 25.7. The number of carbonyl (C=O) groups is 2. The van der Waals surface area contributed by atoms with Crippen LogP contribution in [0, 0.1) is 0 Å². The lowest BCUT2D eigenvalue weighted by atomic mass is 10.1. The molecule has 1 saturated heterocycles. The average Bonchev–Trinajstić information content (AvgIpc) is 2.77. The molecule has 2 rings (SSSR count). The summed E-state index contributed by atoms with van der Waals surface area (Å²) in [6, 6.07) is -0.457. The summed E-state index contributed by atoms with van der Waals surface area (Å²) in [5.41, 5.74) is 3.96. The van der Waals surface area contributed by atoms with Crippen molar-refractivity contribution >= 4 is 17.7 Å². The van der Waals surface area contributed by atoms with Gasteiger partial charge in [-0.1, -0.05) is 0 Å². The highest BCUT2D eigenvalue weighted by Gasteiger charge is 2.59. The van der Waals surface area contributed by atoms with Crippen LogP contribution >= 0.6 is 0 Å². The second kappa shape index (κ2) is 7.41. The van der Waals surface area contributed by atoms with Gasteiger partial charge in [0.25, 0.3) is 0 Å². The van der Waals surface area contributed by atoms with Gasteiger partial charge in [0.15, 0.2) is 6.10 Å². The molecule has 0 saturated carbocycles. The molecule has 1 fully saturated rings. The maximum absolute atomic E-state index is 14.0. The zero-order valence-corrected chi connectivity index (χ0v) is 13.1. The molecular formula is C13H16F2N4O7. The Balaban J connectivity index is 2.16. The van der Waals surface area contributed by atoms with E-state index in [0.717, 1.165) is 12.3 Å². The standard InChI is InChI=1S/C13H16F2N4O7/c14-13(15)9(22)6(4-20)26-11(13)19-2-1-7(18-12(19)25)17-8(21)3-5(16)10(23)24/h1-2,5-6,9,11,20,22H,3-4,16H2,(H,23,24)(H,17,18,21,25)/t5?,6-,9+,11-/m1/s1. The number of hydrogen-bond donors (Lipinski definition) is 5. The zero-order valence-electron chi connectivity index (χ0n) is 13.1. The minimum Gasteiger partial charge on any atom is -0.480 e. The molecule has 2 heterocycles. The van der Waals surface area contributed by atoms with Crippen LogP contribution in [0.3, 0.4) is 0 Å². The van der Waals surface area contributed by atoms with E-state index in [1.54, 1.807) is 0 Å². The highest BCUT2D eigenvalue weighted by Crippen LogP contribution is 2.41. The Hall–Kier alpha value is -2.48. The van der Waals surface area contributed by atoms with Crippen molar-refractivity contribution in [2.75, 3.05) is 11.9 Å². The number of carboxylic acids is 1. The Labute approximate surface area is 144 Å². The van der Waals surface area contributed by atoms with Crippen LogP contribution in [-0.2, 0) is 14.3 Å². The molecule has 6 N–H and O–H groups in total. The van der Waals surface area contributed by atoms with E-state index in [1.807, 2.05) is 0 Å². The lowest BCUT2D eigenvalue weighted by Crippen LogP contribution is -2.42. The number of hydrogen-bond acceptors (Lipinski definition) is 8. The molecule has 144 valence electrons. The van der Waals surface area contributed by atoms with Gasteiger partial charge < -0.3 is 31.1 Å². The Bertz CT molecular complexity index is 756. The Morgan fingerprint density at radius 1 is 1.50 bits per heavy atom. The SMILES string of the molecule is NC(CC(=O)Nc1ccn([C@@H]2O[C@H](CO)[C@H](O)C2(F)F)c(=O)n1)C(=O)O. The first-order chi connectivity index (χ1) is 12.1. The quantitative estimate of drug-likeness (QED) is 0.370. The summed E-state index contributed by atoms with van der Waals surface area (Å²) in [5.74, 6) is -6.42. The molecule has 1 unspecified atom stereocenters. The van der Waals surface area contributed by atoms with E-state index in [4.69, 9.17) is 20.7 Å². The summed E-state index contributed by atoms with van der Waals surface area (Å²) in [6.45, 7) is -0.882. The summed E-state index contributed by atoms with van der Waals surface area (Å²) < 4.78 is 33.3. The van der Waals surface area contributed by atoms with Crippen LogP contribution in [0.4, 0.5) is 14.6 Å². The van der Waals surface area contributed by atoms with Gasteiger partial charge in [-0.2, -0.15) is 13.8 Å². The minimum atomic E-state index is -3.86. The number of aliphatic carboxylic acids is 1. The molecule has 13 heteroatoms. The zero-order chi connectivity index (χ0) is 19.6. The van der Waals surface area contributed by atoms with Crippen molar-refractivity contribution in [1.29, 1.82) is 0 Å². The molecule has 1 aromatic heterocycles. The van der Waals surface area contributed by atoms with Gasteiger partial charge in [0.05, 0.1) is 13.0 Å². The number of halogens is 2. The average molecular weight is 378 g/mol. The predicted molar refractivity (Wildman–Crippen MR) is 79.3 cm³/mol. The lowest BCUT2D eigenvalue weighted by Gasteiger charge is -2.21. The van der Waals surface area contributed by atoms with Crippen molar-refractivity contribution in [2.24, 2.45) is 5.73 Å². The number of carboxylic acid groups (broad SMARTS) is 1. The molecule has 1 aromatic rings. The second-order valence-corrected chi connectivity index (χ2v) is 5.53. The summed E-state index contributed by atoms with van der Waals surface area (Å²) in [6.07, 6.45) is -5.83. The smallest absolute Gasteiger partial charge is 0.351 e. The van der Waals surface area contributed by atoms with E-state index < -0.39 is 61.0 Å². The largest absolute Gasteiger partial charge is 0.480 e. The third kappa shape index (κ3) is 3.85. The van der Waals surface area contributed by atoms with Gasteiger partial charge in [-0.3, -0.25) is 14.2 Å². The van der Waals surface area contributed by atoms with E-state index in [-0.39, 0.29) is 5.82 Å². The molecule has 0 aromatic carbocycles. The number of nitrogens with one attached hydrogen (secondary N) is 1. The number of rotatable bonds is 6. The number of carbonyl (C=O) groups excluding carboxylic acids is 1. The molecule has 1 amide bonds. The van der Waals surface area contributed by atoms with Crippen molar-refractivity contribution in [2.45, 2.75) is 36.8 Å². The number of aliphatic hydroxyl groups is 2. The van der Waals surface area contributed by atoms with Crippen molar-refractivity contribution in [3.8, 4) is 0 Å². The van der Waals surface area contributed by atoms with Gasteiger partial charge in [0, 0.05) is 6.20 Å². The molecular weight excluding hydrogens is 362 g/mol. The Morgan fingerprint density at radius 2 is 2.15 bits per heavy atom. The number of alkyl halides is 2. The maximum Gasteiger partial charge on any atom is 0.351 e. The summed E-state index contributed by atoms with van der Waals surface area (Å²) in [5, 5.41) is 29.1. The topological polar surface area (TPSA) is 177 Å². The van der Waals surface area contributed by atoms with Crippen molar-refractivity contribution in [3.05, 3.63) is 22.7 Å². The van der Waals surface area contributed by atoms with Crippen molar-refractivity contribution < 1.29 is 38.4 Å². The number of aliphatic hydroxyl groups excluding tert-OH is 2. The molecule has 1 aliphatic heterocycles. The van der Waals surface area contributed by atoms with Gasteiger partial charge >= 0.3 is 17.6 Å². The fourth-order valence-electron chi connectivity index (χ4n) is 2.26. The Kier molecular flexibility index (Phi) is 5.65. The predicted octanol–water partition coefficient (Wildman–Crippen LogP) is -2.13. The lowest BCUT2D eigenvalue weighted by molar-refractivity contribution is -0.141. The van der Waals surface area contributed by atoms with Crippen molar-refractivity contribution in [1.82, 2.24) is 9.55 Å². The first-order valence-corrected chi connectivity index (χ1v) is 7.27. The summed E-state index contributed by atoms with van der Waals surface area (Å²) >= 11 is 0. The Morgan fingerprint density at radius 3 is 2.65 bits per heavy atom. The number of amides is 1. The van der Waals surface area contributed by atoms with E-state index in [0.29, 0.717) is 4.57 Å². The highest BCUT2D eigenvalue weighted by molar-refractivity contribution is 5.93. The summed E-state index contributed by atoms with van der Waals surface area (Å²) in [4.78, 5) is 37.5. The van der Waals surface area contributed by atoms with Crippen LogP contribution in [0.2, 0.25) is 0 Å². The third-order valence-corrected chi connectivity index (χ3v) is 3.63. The first-order valence-electron chi connectivity index (χ1n) is 7.27. The molecule has 0 bridgehead atoms. The third-order valence-electron chi connectivity index (χ3n) is 3.63. The van der Waals surface area contributed by atoms with Gasteiger partial charge in [0.2, 0.25) is 12.1 Å². The van der Waals surface area contributed by atoms with E-state index in [9.17, 15) is 28.3 Å². The molecule has 0 radical (unpaired) electrons. The van der Waals surface area contributed by atoms with E-state index in [1.165, 1.54) is 0 Å². The van der Waals surface area contributed by atoms with Crippen LogP contribution < -0.4 is 16.7 Å². The number of anilines is 1.